The van der Waals surface area contributed by atoms with Crippen LogP contribution in [0.5, 0.6) is 0 Å². The van der Waals surface area contributed by atoms with E-state index in [9.17, 15) is 18.0 Å². The van der Waals surface area contributed by atoms with Crippen LogP contribution < -0.4 is 9.62 Å². The molecule has 2 amide bonds. The number of carbonyl (C=O) groups excluding carboxylic acids is 2. The second-order valence-corrected chi connectivity index (χ2v) is 14.4. The average molecular weight is 633 g/mol. The predicted molar refractivity (Wildman–Crippen MR) is 171 cm³/mol. The Hall–Kier alpha value is -3.07. The molecule has 3 aromatic carbocycles. The molecule has 0 fully saturated rings. The molecule has 0 radical (unpaired) electrons. The Morgan fingerprint density at radius 2 is 1.43 bits per heavy atom. The topological polar surface area (TPSA) is 86.8 Å². The number of carbonyl (C=O) groups is 2. The van der Waals surface area contributed by atoms with E-state index < -0.39 is 40.0 Å². The van der Waals surface area contributed by atoms with E-state index in [0.717, 1.165) is 15.4 Å². The fraction of sp³-hybridized carbons (Fsp3) is 0.375. The number of anilines is 1. The third-order valence-corrected chi connectivity index (χ3v) is 9.29. The summed E-state index contributed by atoms with van der Waals surface area (Å²) in [6, 6.07) is 17.6. The Balaban J connectivity index is 2.09. The summed E-state index contributed by atoms with van der Waals surface area (Å²) in [6.45, 7) is 12.4. The van der Waals surface area contributed by atoms with Gasteiger partial charge in [0.1, 0.15) is 12.6 Å². The third-order valence-electron chi connectivity index (χ3n) is 6.79. The molecule has 3 aromatic rings. The van der Waals surface area contributed by atoms with Gasteiger partial charge in [-0.15, -0.1) is 0 Å². The standard InChI is InChI=1S/C32H39Cl2N3O4S/c1-21(2)24-13-15-25(16-14-24)37(42(40,41)26-17-11-22(3)12-18-26)20-30(38)36(23(4)31(39)35-32(5,6)7)19-27-28(33)9-8-10-29(27)34/h8-18,21,23H,19-20H2,1-7H3,(H,35,39). The summed E-state index contributed by atoms with van der Waals surface area (Å²) in [5.41, 5.74) is 2.16. The lowest BCUT2D eigenvalue weighted by Crippen LogP contribution is -2.54. The van der Waals surface area contributed by atoms with E-state index in [0.29, 0.717) is 21.3 Å². The monoisotopic (exact) mass is 631 g/mol. The predicted octanol–water partition coefficient (Wildman–Crippen LogP) is 6.95. The zero-order valence-electron chi connectivity index (χ0n) is 25.1. The van der Waals surface area contributed by atoms with Gasteiger partial charge in [-0.3, -0.25) is 13.9 Å². The lowest BCUT2D eigenvalue weighted by atomic mass is 10.0. The highest BCUT2D eigenvalue weighted by Gasteiger charge is 2.34. The van der Waals surface area contributed by atoms with Crippen molar-refractivity contribution in [1.29, 1.82) is 0 Å². The van der Waals surface area contributed by atoms with Gasteiger partial charge in [-0.1, -0.05) is 72.9 Å². The van der Waals surface area contributed by atoms with Crippen LogP contribution in [0.3, 0.4) is 0 Å². The highest BCUT2D eigenvalue weighted by molar-refractivity contribution is 7.92. The quantitative estimate of drug-likeness (QED) is 0.262. The molecule has 226 valence electrons. The minimum Gasteiger partial charge on any atom is -0.350 e. The molecule has 1 unspecified atom stereocenters. The van der Waals surface area contributed by atoms with Crippen molar-refractivity contribution in [3.05, 3.63) is 93.5 Å². The van der Waals surface area contributed by atoms with Crippen LogP contribution >= 0.6 is 23.2 Å². The van der Waals surface area contributed by atoms with Crippen LogP contribution in [-0.2, 0) is 26.2 Å². The Morgan fingerprint density at radius 3 is 1.93 bits per heavy atom. The summed E-state index contributed by atoms with van der Waals surface area (Å²) in [7, 11) is -4.16. The summed E-state index contributed by atoms with van der Waals surface area (Å²) in [5, 5.41) is 3.56. The molecule has 1 atom stereocenters. The molecule has 1 N–H and O–H groups in total. The number of rotatable bonds is 10. The number of hydrogen-bond acceptors (Lipinski definition) is 4. The average Bonchev–Trinajstić information content (AvgIpc) is 2.90. The number of nitrogens with one attached hydrogen (secondary N) is 1. The van der Waals surface area contributed by atoms with E-state index in [2.05, 4.69) is 5.32 Å². The summed E-state index contributed by atoms with van der Waals surface area (Å²) in [5.74, 6) is -0.750. The maximum absolute atomic E-state index is 14.1. The number of hydrogen-bond donors (Lipinski definition) is 1. The van der Waals surface area contributed by atoms with E-state index in [4.69, 9.17) is 23.2 Å². The molecule has 10 heteroatoms. The van der Waals surface area contributed by atoms with Crippen LogP contribution in [0.2, 0.25) is 10.0 Å². The highest BCUT2D eigenvalue weighted by Crippen LogP contribution is 2.29. The highest BCUT2D eigenvalue weighted by atomic mass is 35.5. The van der Waals surface area contributed by atoms with E-state index in [-0.39, 0.29) is 17.4 Å². The molecule has 42 heavy (non-hydrogen) atoms. The summed E-state index contributed by atoms with van der Waals surface area (Å²) in [4.78, 5) is 28.8. The molecule has 0 saturated carbocycles. The van der Waals surface area contributed by atoms with Gasteiger partial charge in [0.25, 0.3) is 10.0 Å². The Kier molecular flexibility index (Phi) is 10.7. The van der Waals surface area contributed by atoms with Gasteiger partial charge in [0.2, 0.25) is 11.8 Å². The van der Waals surface area contributed by atoms with Gasteiger partial charge in [0, 0.05) is 27.7 Å². The molecule has 0 aliphatic carbocycles. The van der Waals surface area contributed by atoms with Crippen molar-refractivity contribution in [3.63, 3.8) is 0 Å². The number of aryl methyl sites for hydroxylation is 1. The summed E-state index contributed by atoms with van der Waals surface area (Å²) in [6.07, 6.45) is 0. The zero-order valence-corrected chi connectivity index (χ0v) is 27.4. The Morgan fingerprint density at radius 1 is 0.881 bits per heavy atom. The number of benzene rings is 3. The Labute approximate surface area is 259 Å². The van der Waals surface area contributed by atoms with Crippen LogP contribution in [0.4, 0.5) is 5.69 Å². The van der Waals surface area contributed by atoms with E-state index in [1.807, 2.05) is 53.7 Å². The molecule has 0 bridgehead atoms. The van der Waals surface area contributed by atoms with Crippen molar-refractivity contribution >= 4 is 50.7 Å². The van der Waals surface area contributed by atoms with E-state index in [1.165, 1.54) is 17.0 Å². The van der Waals surface area contributed by atoms with Crippen molar-refractivity contribution in [2.45, 2.75) is 77.4 Å². The fourth-order valence-corrected chi connectivity index (χ4v) is 6.23. The zero-order chi connectivity index (χ0) is 31.4. The smallest absolute Gasteiger partial charge is 0.264 e. The lowest BCUT2D eigenvalue weighted by Gasteiger charge is -2.34. The first-order valence-corrected chi connectivity index (χ1v) is 15.9. The second-order valence-electron chi connectivity index (χ2n) is 11.7. The summed E-state index contributed by atoms with van der Waals surface area (Å²) < 4.78 is 29.1. The maximum atomic E-state index is 14.1. The van der Waals surface area contributed by atoms with Crippen molar-refractivity contribution < 1.29 is 18.0 Å². The van der Waals surface area contributed by atoms with Crippen LogP contribution in [0.25, 0.3) is 0 Å². The first kappa shape index (κ1) is 33.4. The first-order chi connectivity index (χ1) is 19.5. The molecular formula is C32H39Cl2N3O4S. The van der Waals surface area contributed by atoms with Gasteiger partial charge in [0.05, 0.1) is 10.6 Å². The van der Waals surface area contributed by atoms with Gasteiger partial charge in [0.15, 0.2) is 0 Å². The van der Waals surface area contributed by atoms with Gasteiger partial charge in [-0.05, 0) is 82.5 Å². The van der Waals surface area contributed by atoms with Crippen molar-refractivity contribution in [1.82, 2.24) is 10.2 Å². The van der Waals surface area contributed by atoms with Crippen molar-refractivity contribution in [2.75, 3.05) is 10.8 Å². The molecule has 0 heterocycles. The molecule has 0 spiro atoms. The number of sulfonamides is 1. The Bertz CT molecular complexity index is 1500. The van der Waals surface area contributed by atoms with Crippen LogP contribution in [0.1, 0.15) is 64.2 Å². The first-order valence-electron chi connectivity index (χ1n) is 13.7. The largest absolute Gasteiger partial charge is 0.350 e. The molecule has 0 aliphatic rings. The van der Waals surface area contributed by atoms with E-state index in [1.54, 1.807) is 49.4 Å². The van der Waals surface area contributed by atoms with E-state index >= 15 is 0 Å². The molecule has 0 saturated heterocycles. The molecule has 7 nitrogen and oxygen atoms in total. The molecule has 0 aliphatic heterocycles. The molecule has 3 rings (SSSR count). The third kappa shape index (κ3) is 8.27. The van der Waals surface area contributed by atoms with Crippen molar-refractivity contribution in [2.24, 2.45) is 0 Å². The number of amides is 2. The normalized spacial score (nSPS) is 12.6. The van der Waals surface area contributed by atoms with Crippen LogP contribution in [0.15, 0.2) is 71.6 Å². The summed E-state index contributed by atoms with van der Waals surface area (Å²) >= 11 is 12.9. The lowest BCUT2D eigenvalue weighted by molar-refractivity contribution is -0.140. The molecular weight excluding hydrogens is 593 g/mol. The minimum atomic E-state index is -4.16. The van der Waals surface area contributed by atoms with Gasteiger partial charge < -0.3 is 10.2 Å². The van der Waals surface area contributed by atoms with Gasteiger partial charge in [-0.25, -0.2) is 8.42 Å². The molecule has 0 aromatic heterocycles. The van der Waals surface area contributed by atoms with Crippen LogP contribution in [0, 0.1) is 6.92 Å². The minimum absolute atomic E-state index is 0.0491. The van der Waals surface area contributed by atoms with Gasteiger partial charge >= 0.3 is 0 Å². The maximum Gasteiger partial charge on any atom is 0.264 e. The van der Waals surface area contributed by atoms with Crippen molar-refractivity contribution in [3.8, 4) is 0 Å². The second kappa shape index (κ2) is 13.5. The number of halogens is 2. The van der Waals surface area contributed by atoms with Gasteiger partial charge in [-0.2, -0.15) is 0 Å². The van der Waals surface area contributed by atoms with Crippen LogP contribution in [-0.4, -0.2) is 43.3 Å². The SMILES string of the molecule is Cc1ccc(S(=O)(=O)N(CC(=O)N(Cc2c(Cl)cccc2Cl)C(C)C(=O)NC(C)(C)C)c2ccc(C(C)C)cc2)cc1. The fourth-order valence-electron chi connectivity index (χ4n) is 4.30. The number of nitrogens with zero attached hydrogens (tertiary/aromatic N) is 2.